The number of H-pyrrole nitrogens is 1. The predicted octanol–water partition coefficient (Wildman–Crippen LogP) is 5.58. The molecule has 1 aliphatic rings. The summed E-state index contributed by atoms with van der Waals surface area (Å²) in [4.78, 5) is 22.2. The van der Waals surface area contributed by atoms with Crippen molar-refractivity contribution in [2.24, 2.45) is 0 Å². The number of amides is 1. The molecule has 2 aromatic carbocycles. The molecular formula is C28H30ClN5O2. The molecule has 36 heavy (non-hydrogen) atoms. The highest BCUT2D eigenvalue weighted by atomic mass is 35.5. The molecule has 0 spiro atoms. The summed E-state index contributed by atoms with van der Waals surface area (Å²) in [5.41, 5.74) is 4.33. The number of carbonyl (C=O) groups is 1. The number of hydrogen-bond acceptors (Lipinski definition) is 5. The summed E-state index contributed by atoms with van der Waals surface area (Å²) in [5, 5.41) is 8.86. The summed E-state index contributed by atoms with van der Waals surface area (Å²) in [6.45, 7) is 0.816. The smallest absolute Gasteiger partial charge is 0.254 e. The van der Waals surface area contributed by atoms with Gasteiger partial charge in [-0.25, -0.2) is 0 Å². The van der Waals surface area contributed by atoms with Crippen LogP contribution in [0.25, 0.3) is 22.0 Å². The average Bonchev–Trinajstić information content (AvgIpc) is 3.55. The van der Waals surface area contributed by atoms with Gasteiger partial charge in [0.05, 0.1) is 23.9 Å². The van der Waals surface area contributed by atoms with Gasteiger partial charge in [0.25, 0.3) is 5.91 Å². The van der Waals surface area contributed by atoms with Gasteiger partial charge < -0.3 is 14.5 Å². The molecule has 5 rings (SSSR count). The van der Waals surface area contributed by atoms with E-state index in [0.29, 0.717) is 16.3 Å². The summed E-state index contributed by atoms with van der Waals surface area (Å²) >= 11 is 6.25. The van der Waals surface area contributed by atoms with Crippen molar-refractivity contribution in [3.05, 3.63) is 77.2 Å². The Balaban J connectivity index is 1.49. The van der Waals surface area contributed by atoms with E-state index in [1.54, 1.807) is 17.3 Å². The van der Waals surface area contributed by atoms with Crippen LogP contribution in [-0.2, 0) is 0 Å². The van der Waals surface area contributed by atoms with E-state index in [0.717, 1.165) is 53.4 Å². The monoisotopic (exact) mass is 503 g/mol. The highest BCUT2D eigenvalue weighted by molar-refractivity contribution is 6.30. The maximum atomic E-state index is 13.8. The molecule has 4 aromatic rings. The van der Waals surface area contributed by atoms with Crippen LogP contribution in [0.2, 0.25) is 5.02 Å². The molecule has 2 heterocycles. The normalized spacial score (nSPS) is 14.2. The van der Waals surface area contributed by atoms with E-state index in [1.807, 2.05) is 69.8 Å². The van der Waals surface area contributed by atoms with E-state index in [9.17, 15) is 4.79 Å². The first kappa shape index (κ1) is 24.3. The molecule has 0 bridgehead atoms. The largest absolute Gasteiger partial charge is 0.490 e. The maximum absolute atomic E-state index is 13.8. The average molecular weight is 504 g/mol. The minimum absolute atomic E-state index is 0.0754. The highest BCUT2D eigenvalue weighted by Crippen LogP contribution is 2.37. The second-order valence-corrected chi connectivity index (χ2v) is 10.1. The summed E-state index contributed by atoms with van der Waals surface area (Å²) in [5.74, 6) is 0.634. The lowest BCUT2D eigenvalue weighted by molar-refractivity contribution is 0.0716. The zero-order chi connectivity index (χ0) is 25.2. The summed E-state index contributed by atoms with van der Waals surface area (Å²) < 4.78 is 6.25. The standard InChI is InChI=1S/C28H30ClN5O2/c1-33(2)12-11-25(24-17-30-15-20-16-31-32-27(20)24)34(3)28(35)19-7-10-23(18-5-4-6-21(29)13-18)26(14-19)36-22-8-9-22/h4-7,10,13-17,22,25H,8-9,11-12H2,1-3H3,(H,31,32)/t25-/m1/s1. The van der Waals surface area contributed by atoms with Crippen molar-refractivity contribution in [2.45, 2.75) is 31.4 Å². The van der Waals surface area contributed by atoms with Gasteiger partial charge in [0.15, 0.2) is 0 Å². The van der Waals surface area contributed by atoms with Gasteiger partial charge in [0.1, 0.15) is 5.75 Å². The number of nitrogens with one attached hydrogen (secondary N) is 1. The number of rotatable bonds is 9. The van der Waals surface area contributed by atoms with Gasteiger partial charge in [-0.15, -0.1) is 0 Å². The van der Waals surface area contributed by atoms with Crippen LogP contribution in [0.1, 0.15) is 41.2 Å². The predicted molar refractivity (Wildman–Crippen MR) is 142 cm³/mol. The Morgan fingerprint density at radius 3 is 2.72 bits per heavy atom. The molecule has 186 valence electrons. The number of benzene rings is 2. The summed E-state index contributed by atoms with van der Waals surface area (Å²) in [7, 11) is 5.91. The number of pyridine rings is 1. The zero-order valence-corrected chi connectivity index (χ0v) is 21.5. The quantitative estimate of drug-likeness (QED) is 0.322. The topological polar surface area (TPSA) is 74.4 Å². The SMILES string of the molecule is CN(C)CC[C@H](c1cncc2cn[nH]c12)N(C)C(=O)c1ccc(-c2cccc(Cl)c2)c(OC2CC2)c1. The molecule has 1 aliphatic carbocycles. The van der Waals surface area contributed by atoms with Crippen molar-refractivity contribution in [3.63, 3.8) is 0 Å². The Kier molecular flexibility index (Phi) is 6.94. The van der Waals surface area contributed by atoms with Crippen LogP contribution in [0.15, 0.2) is 61.1 Å². The van der Waals surface area contributed by atoms with Crippen LogP contribution >= 0.6 is 11.6 Å². The van der Waals surface area contributed by atoms with Gasteiger partial charge in [-0.2, -0.15) is 5.10 Å². The molecule has 0 radical (unpaired) electrons. The fraction of sp³-hybridized carbons (Fsp3) is 0.321. The van der Waals surface area contributed by atoms with Gasteiger partial charge in [0.2, 0.25) is 0 Å². The lowest BCUT2D eigenvalue weighted by Gasteiger charge is -2.30. The third-order valence-corrected chi connectivity index (χ3v) is 6.80. The number of hydrogen-bond donors (Lipinski definition) is 1. The van der Waals surface area contributed by atoms with Crippen LogP contribution in [0.4, 0.5) is 0 Å². The first-order valence-corrected chi connectivity index (χ1v) is 12.5. The molecule has 2 aromatic heterocycles. The van der Waals surface area contributed by atoms with Crippen LogP contribution in [0, 0.1) is 0 Å². The number of fused-ring (bicyclic) bond motifs is 1. The van der Waals surface area contributed by atoms with E-state index < -0.39 is 0 Å². The van der Waals surface area contributed by atoms with Crippen LogP contribution in [-0.4, -0.2) is 64.7 Å². The van der Waals surface area contributed by atoms with Crippen LogP contribution in [0.5, 0.6) is 5.75 Å². The molecule has 1 amide bonds. The second kappa shape index (κ2) is 10.3. The number of halogens is 1. The minimum Gasteiger partial charge on any atom is -0.490 e. The van der Waals surface area contributed by atoms with Crippen molar-refractivity contribution in [1.82, 2.24) is 25.0 Å². The van der Waals surface area contributed by atoms with Crippen LogP contribution in [0.3, 0.4) is 0 Å². The molecule has 1 atom stereocenters. The zero-order valence-electron chi connectivity index (χ0n) is 20.7. The first-order valence-electron chi connectivity index (χ1n) is 12.2. The third-order valence-electron chi connectivity index (χ3n) is 6.56. The fourth-order valence-corrected chi connectivity index (χ4v) is 4.63. The third kappa shape index (κ3) is 5.22. The second-order valence-electron chi connectivity index (χ2n) is 9.63. The Bertz CT molecular complexity index is 1380. The Morgan fingerprint density at radius 2 is 1.97 bits per heavy atom. The Hall–Kier alpha value is -3.42. The van der Waals surface area contributed by atoms with Crippen molar-refractivity contribution in [1.29, 1.82) is 0 Å². The van der Waals surface area contributed by atoms with Crippen molar-refractivity contribution < 1.29 is 9.53 Å². The van der Waals surface area contributed by atoms with E-state index in [2.05, 4.69) is 20.1 Å². The molecular weight excluding hydrogens is 474 g/mol. The molecule has 7 nitrogen and oxygen atoms in total. The van der Waals surface area contributed by atoms with Gasteiger partial charge in [-0.05, 0) is 75.8 Å². The number of carbonyl (C=O) groups excluding carboxylic acids is 1. The van der Waals surface area contributed by atoms with Gasteiger partial charge >= 0.3 is 0 Å². The Morgan fingerprint density at radius 1 is 1.14 bits per heavy atom. The van der Waals surface area contributed by atoms with E-state index >= 15 is 0 Å². The lowest BCUT2D eigenvalue weighted by atomic mass is 9.99. The van der Waals surface area contributed by atoms with E-state index in [-0.39, 0.29) is 18.1 Å². The molecule has 8 heteroatoms. The summed E-state index contributed by atoms with van der Waals surface area (Å²) in [6.07, 6.45) is 8.37. The van der Waals surface area contributed by atoms with Gasteiger partial charge in [0, 0.05) is 46.5 Å². The number of aromatic amines is 1. The summed E-state index contributed by atoms with van der Waals surface area (Å²) in [6, 6.07) is 13.2. The lowest BCUT2D eigenvalue weighted by Crippen LogP contribution is -2.33. The molecule has 0 aliphatic heterocycles. The fourth-order valence-electron chi connectivity index (χ4n) is 4.44. The number of nitrogens with zero attached hydrogens (tertiary/aromatic N) is 4. The van der Waals surface area contributed by atoms with Crippen LogP contribution < -0.4 is 4.74 Å². The molecule has 1 N–H and O–H groups in total. The van der Waals surface area contributed by atoms with Crippen molar-refractivity contribution in [3.8, 4) is 16.9 Å². The molecule has 0 saturated heterocycles. The number of aromatic nitrogens is 3. The van der Waals surface area contributed by atoms with E-state index in [1.165, 1.54) is 0 Å². The first-order chi connectivity index (χ1) is 17.4. The van der Waals surface area contributed by atoms with Crippen molar-refractivity contribution >= 4 is 28.4 Å². The van der Waals surface area contributed by atoms with Crippen molar-refractivity contribution in [2.75, 3.05) is 27.7 Å². The maximum Gasteiger partial charge on any atom is 0.254 e. The highest BCUT2D eigenvalue weighted by Gasteiger charge is 2.28. The Labute approximate surface area is 216 Å². The minimum atomic E-state index is -0.183. The van der Waals surface area contributed by atoms with Gasteiger partial charge in [-0.3, -0.25) is 14.9 Å². The molecule has 0 unspecified atom stereocenters. The molecule has 1 saturated carbocycles. The number of ether oxygens (including phenoxy) is 1. The van der Waals surface area contributed by atoms with E-state index in [4.69, 9.17) is 16.3 Å². The van der Waals surface area contributed by atoms with Gasteiger partial charge in [-0.1, -0.05) is 23.7 Å². The molecule has 1 fully saturated rings.